The van der Waals surface area contributed by atoms with E-state index in [9.17, 15) is 18.5 Å². The van der Waals surface area contributed by atoms with Gasteiger partial charge in [-0.2, -0.15) is 0 Å². The Balaban J connectivity index is 4.68. The van der Waals surface area contributed by atoms with Crippen LogP contribution in [0.2, 0.25) is 0 Å². The second-order valence-electron chi connectivity index (χ2n) is 0.753. The van der Waals surface area contributed by atoms with E-state index in [4.69, 9.17) is 5.53 Å². The van der Waals surface area contributed by atoms with E-state index in [2.05, 4.69) is 0 Å². The Morgan fingerprint density at radius 2 is 2.00 bits per heavy atom. The van der Waals surface area contributed by atoms with Gasteiger partial charge >= 0.3 is 10.2 Å². The summed E-state index contributed by atoms with van der Waals surface area (Å²) in [5.41, 5.74) is 7.36. The topological polar surface area (TPSA) is 112 Å². The standard InChI is InChI=1S/N3O4S/c1-2-8(6,7)3(4)5. The SMILES string of the molecule is [N]=NS(=O)(=O)[N+](=O)[O-]. The van der Waals surface area contributed by atoms with Crippen LogP contribution in [0.4, 0.5) is 0 Å². The first-order chi connectivity index (χ1) is 3.50. The molecule has 0 spiro atoms. The van der Waals surface area contributed by atoms with E-state index >= 15 is 0 Å². The molecule has 0 aromatic rings. The van der Waals surface area contributed by atoms with Gasteiger partial charge in [0.25, 0.3) is 0 Å². The molecular formula is N3O4S. The lowest BCUT2D eigenvalue weighted by atomic mass is 13.3. The first kappa shape index (κ1) is 6.95. The average molecular weight is 138 g/mol. The molecule has 0 saturated carbocycles. The molecule has 0 aliphatic rings. The van der Waals surface area contributed by atoms with E-state index in [1.165, 1.54) is 4.52 Å². The van der Waals surface area contributed by atoms with Crippen molar-refractivity contribution in [2.24, 2.45) is 4.52 Å². The van der Waals surface area contributed by atoms with E-state index in [0.29, 0.717) is 0 Å². The van der Waals surface area contributed by atoms with Crippen molar-refractivity contribution in [2.75, 3.05) is 0 Å². The highest BCUT2D eigenvalue weighted by Gasteiger charge is 2.21. The minimum Gasteiger partial charge on any atom is -0.245 e. The van der Waals surface area contributed by atoms with Gasteiger partial charge in [-0.1, -0.05) is 0 Å². The van der Waals surface area contributed by atoms with Gasteiger partial charge in [0.1, 0.15) is 0 Å². The van der Waals surface area contributed by atoms with Crippen molar-refractivity contribution in [3.05, 3.63) is 10.1 Å². The fourth-order valence-electron chi connectivity index (χ4n) is 0.0298. The first-order valence-electron chi connectivity index (χ1n) is 1.26. The zero-order valence-corrected chi connectivity index (χ0v) is 4.20. The highest BCUT2D eigenvalue weighted by atomic mass is 32.2. The van der Waals surface area contributed by atoms with Crippen molar-refractivity contribution in [1.82, 2.24) is 5.53 Å². The number of nitrogens with zero attached hydrogens (tertiary/aromatic N) is 3. The Bertz CT molecular complexity index is 199. The van der Waals surface area contributed by atoms with Gasteiger partial charge in [0.2, 0.25) is 0 Å². The molecule has 0 heterocycles. The molecule has 0 atom stereocenters. The highest BCUT2D eigenvalue weighted by Crippen LogP contribution is 1.86. The van der Waals surface area contributed by atoms with Crippen LogP contribution in [0, 0.1) is 10.1 Å². The fraction of sp³-hybridized carbons (Fsp3) is 0. The van der Waals surface area contributed by atoms with Crippen molar-refractivity contribution < 1.29 is 12.7 Å². The summed E-state index contributed by atoms with van der Waals surface area (Å²) in [6.07, 6.45) is 0. The molecule has 0 aliphatic carbocycles. The average Bonchev–Trinajstić information content (AvgIpc) is 1.67. The molecule has 0 rings (SSSR count). The van der Waals surface area contributed by atoms with E-state index in [1.54, 1.807) is 0 Å². The molecule has 7 nitrogen and oxygen atoms in total. The third kappa shape index (κ3) is 1.22. The summed E-state index contributed by atoms with van der Waals surface area (Å²) in [5.74, 6) is 0. The maximum Gasteiger partial charge on any atom is 0.563 e. The second-order valence-corrected chi connectivity index (χ2v) is 2.11. The maximum atomic E-state index is 9.58. The highest BCUT2D eigenvalue weighted by molar-refractivity contribution is 7.83. The summed E-state index contributed by atoms with van der Waals surface area (Å²) in [5, 5.41) is 9.22. The largest absolute Gasteiger partial charge is 0.563 e. The second kappa shape index (κ2) is 1.82. The van der Waals surface area contributed by atoms with Gasteiger partial charge in [-0.3, -0.25) is 0 Å². The molecule has 0 aliphatic heterocycles. The monoisotopic (exact) mass is 138 g/mol. The maximum absolute atomic E-state index is 9.58. The minimum atomic E-state index is -4.83. The normalized spacial score (nSPS) is 10.5. The van der Waals surface area contributed by atoms with Crippen LogP contribution < -0.4 is 5.53 Å². The molecule has 0 N–H and O–H groups in total. The molecule has 8 heteroatoms. The lowest BCUT2D eigenvalue weighted by Gasteiger charge is -1.76. The molecule has 0 fully saturated rings. The molecule has 0 aromatic carbocycles. The number of hydrogen-bond acceptors (Lipinski definition) is 4. The van der Waals surface area contributed by atoms with Crippen LogP contribution in [-0.4, -0.2) is 12.7 Å². The van der Waals surface area contributed by atoms with Gasteiger partial charge in [0.05, 0.1) is 0 Å². The molecule has 0 amide bonds. The summed E-state index contributed by atoms with van der Waals surface area (Å²) < 4.78 is 19.0. The zero-order chi connectivity index (χ0) is 6.78. The van der Waals surface area contributed by atoms with Crippen LogP contribution in [0.5, 0.6) is 0 Å². The predicted octanol–water partition coefficient (Wildman–Crippen LogP) is -1.24. The summed E-state index contributed by atoms with van der Waals surface area (Å²) in [6, 6.07) is 0. The minimum absolute atomic E-state index is 1.49. The van der Waals surface area contributed by atoms with Crippen molar-refractivity contribution in [2.45, 2.75) is 0 Å². The van der Waals surface area contributed by atoms with Crippen molar-refractivity contribution in [3.63, 3.8) is 0 Å². The van der Waals surface area contributed by atoms with Crippen molar-refractivity contribution >= 4 is 10.2 Å². The third-order valence-corrected chi connectivity index (χ3v) is 0.875. The molecule has 1 radical (unpaired) electrons. The van der Waals surface area contributed by atoms with Gasteiger partial charge in [-0.15, -0.1) is 8.42 Å². The summed E-state index contributed by atoms with van der Waals surface area (Å²) in [7, 11) is -4.83. The van der Waals surface area contributed by atoms with Gasteiger partial charge in [0.15, 0.2) is 4.33 Å². The molecular weight excluding hydrogens is 138 g/mol. The van der Waals surface area contributed by atoms with Crippen LogP contribution in [0.15, 0.2) is 4.52 Å². The van der Waals surface area contributed by atoms with E-state index in [0.717, 1.165) is 0 Å². The van der Waals surface area contributed by atoms with Crippen LogP contribution in [-0.2, 0) is 10.2 Å². The Kier molecular flexibility index (Phi) is 1.58. The third-order valence-electron chi connectivity index (χ3n) is 0.292. The fourth-order valence-corrected chi connectivity index (χ4v) is 0.0894. The quantitative estimate of drug-likeness (QED) is 0.269. The van der Waals surface area contributed by atoms with Crippen molar-refractivity contribution in [3.8, 4) is 0 Å². The smallest absolute Gasteiger partial charge is 0.245 e. The molecule has 0 unspecified atom stereocenters. The Hall–Kier alpha value is -1.05. The zero-order valence-electron chi connectivity index (χ0n) is 3.38. The molecule has 0 saturated heterocycles. The molecule has 45 valence electrons. The van der Waals surface area contributed by atoms with E-state index in [-0.39, 0.29) is 0 Å². The van der Waals surface area contributed by atoms with Crippen LogP contribution in [0.3, 0.4) is 0 Å². The summed E-state index contributed by atoms with van der Waals surface area (Å²) >= 11 is 0. The van der Waals surface area contributed by atoms with Gasteiger partial charge in [0, 0.05) is 4.52 Å². The van der Waals surface area contributed by atoms with Gasteiger partial charge in [-0.05, 0) is 5.53 Å². The Morgan fingerprint density at radius 3 is 2.00 bits per heavy atom. The lowest BCUT2D eigenvalue weighted by molar-refractivity contribution is -0.305. The van der Waals surface area contributed by atoms with Crippen molar-refractivity contribution in [1.29, 1.82) is 0 Å². The number of nitro groups is 1. The van der Waals surface area contributed by atoms with Crippen LogP contribution in [0.1, 0.15) is 0 Å². The Morgan fingerprint density at radius 1 is 1.62 bits per heavy atom. The summed E-state index contributed by atoms with van der Waals surface area (Å²) in [4.78, 5) is 9.22. The predicted molar refractivity (Wildman–Crippen MR) is 20.5 cm³/mol. The summed E-state index contributed by atoms with van der Waals surface area (Å²) in [6.45, 7) is 0. The van der Waals surface area contributed by atoms with E-state index < -0.39 is 14.5 Å². The van der Waals surface area contributed by atoms with Gasteiger partial charge < -0.3 is 0 Å². The van der Waals surface area contributed by atoms with Gasteiger partial charge in [-0.25, -0.2) is 10.1 Å². The number of rotatable bonds is 2. The molecule has 0 aromatic heterocycles. The number of hydrogen-bond donors (Lipinski definition) is 0. The first-order valence-corrected chi connectivity index (χ1v) is 2.66. The Labute approximate surface area is 44.2 Å². The molecule has 8 heavy (non-hydrogen) atoms. The van der Waals surface area contributed by atoms with E-state index in [1.807, 2.05) is 0 Å². The van der Waals surface area contributed by atoms with Crippen LogP contribution >= 0.6 is 0 Å². The van der Waals surface area contributed by atoms with Crippen LogP contribution in [0.25, 0.3) is 0 Å². The lowest BCUT2D eigenvalue weighted by Crippen LogP contribution is -2.07. The molecule has 0 bridgehead atoms.